The van der Waals surface area contributed by atoms with Crippen molar-refractivity contribution in [2.75, 3.05) is 5.75 Å². The zero-order chi connectivity index (χ0) is 24.3. The first-order valence-corrected chi connectivity index (χ1v) is 11.8. The molecular weight excluding hydrogens is 477 g/mol. The maximum Gasteiger partial charge on any atom is 0.196 e. The van der Waals surface area contributed by atoms with Gasteiger partial charge >= 0.3 is 0 Å². The van der Waals surface area contributed by atoms with E-state index in [-0.39, 0.29) is 28.2 Å². The summed E-state index contributed by atoms with van der Waals surface area (Å²) in [5, 5.41) is 19.1. The average molecular weight is 500 g/mol. The van der Waals surface area contributed by atoms with E-state index in [2.05, 4.69) is 43.1 Å². The van der Waals surface area contributed by atoms with E-state index in [1.165, 1.54) is 12.5 Å². The van der Waals surface area contributed by atoms with Gasteiger partial charge < -0.3 is 5.73 Å². The van der Waals surface area contributed by atoms with Gasteiger partial charge in [-0.05, 0) is 30.0 Å². The van der Waals surface area contributed by atoms with Crippen molar-refractivity contribution in [1.29, 1.82) is 5.26 Å². The molecule has 0 aliphatic rings. The Balaban J connectivity index is 2.08. The zero-order valence-electron chi connectivity index (χ0n) is 18.7. The average Bonchev–Trinajstić information content (AvgIpc) is 3.17. The number of ketones is 1. The fourth-order valence-electron chi connectivity index (χ4n) is 3.12. The highest BCUT2D eigenvalue weighted by atomic mass is 35.5. The molecule has 2 aromatic carbocycles. The van der Waals surface area contributed by atoms with Crippen molar-refractivity contribution in [2.24, 2.45) is 5.73 Å². The van der Waals surface area contributed by atoms with Crippen LogP contribution < -0.4 is 5.73 Å². The Morgan fingerprint density at radius 2 is 1.82 bits per heavy atom. The minimum Gasteiger partial charge on any atom is -0.401 e. The first-order valence-electron chi connectivity index (χ1n) is 10.1. The van der Waals surface area contributed by atoms with Crippen molar-refractivity contribution in [3.63, 3.8) is 0 Å². The molecule has 2 N–H and O–H groups in total. The molecule has 1 aromatic heterocycles. The van der Waals surface area contributed by atoms with Crippen LogP contribution in [0.4, 0.5) is 0 Å². The van der Waals surface area contributed by atoms with Gasteiger partial charge in [-0.2, -0.15) is 5.26 Å². The molecule has 0 spiro atoms. The number of nitriles is 1. The molecule has 3 aromatic rings. The minimum absolute atomic E-state index is 0.0108. The predicted molar refractivity (Wildman–Crippen MR) is 134 cm³/mol. The van der Waals surface area contributed by atoms with Crippen LogP contribution in [-0.2, 0) is 10.2 Å². The molecule has 0 radical (unpaired) electrons. The van der Waals surface area contributed by atoms with E-state index in [1.54, 1.807) is 22.8 Å². The van der Waals surface area contributed by atoms with E-state index < -0.39 is 0 Å². The number of nitrogens with zero attached hydrogens (tertiary/aromatic N) is 4. The van der Waals surface area contributed by atoms with E-state index in [9.17, 15) is 10.1 Å². The highest BCUT2D eigenvalue weighted by Gasteiger charge is 2.22. The lowest BCUT2D eigenvalue weighted by Gasteiger charge is -2.19. The molecule has 6 nitrogen and oxygen atoms in total. The van der Waals surface area contributed by atoms with E-state index >= 15 is 0 Å². The van der Waals surface area contributed by atoms with Crippen molar-refractivity contribution < 1.29 is 4.79 Å². The number of thioether (sulfide) groups is 1. The van der Waals surface area contributed by atoms with Crippen LogP contribution >= 0.6 is 35.0 Å². The van der Waals surface area contributed by atoms with Gasteiger partial charge in [0.1, 0.15) is 11.6 Å². The van der Waals surface area contributed by atoms with Gasteiger partial charge in [0.25, 0.3) is 0 Å². The van der Waals surface area contributed by atoms with E-state index in [1.807, 2.05) is 18.2 Å². The number of hydrogen-bond acceptors (Lipinski definition) is 6. The number of benzene rings is 2. The molecule has 170 valence electrons. The summed E-state index contributed by atoms with van der Waals surface area (Å²) < 4.78 is 1.77. The molecule has 3 rings (SSSR count). The molecule has 0 atom stereocenters. The summed E-state index contributed by atoms with van der Waals surface area (Å²) in [6.07, 6.45) is 0. The van der Waals surface area contributed by atoms with Crippen molar-refractivity contribution in [1.82, 2.24) is 14.8 Å². The lowest BCUT2D eigenvalue weighted by Crippen LogP contribution is -2.11. The molecule has 1 heterocycles. The van der Waals surface area contributed by atoms with Crippen LogP contribution in [0.15, 0.2) is 58.9 Å². The quantitative estimate of drug-likeness (QED) is 0.255. The largest absolute Gasteiger partial charge is 0.401 e. The molecule has 0 aliphatic heterocycles. The standard InChI is InChI=1S/C24H23Cl2N5OS/c1-14(28)17(12-27)20(32)13-33-23-30-29-22(15-8-10-16(11-9-15)24(2,3)4)31(23)19-7-5-6-18(25)21(19)26/h5-11H,13,28H2,1-4H3/b17-14-. The summed E-state index contributed by atoms with van der Waals surface area (Å²) in [4.78, 5) is 12.5. The molecule has 0 saturated carbocycles. The van der Waals surface area contributed by atoms with E-state index in [4.69, 9.17) is 28.9 Å². The Hall–Kier alpha value is -2.79. The molecule has 33 heavy (non-hydrogen) atoms. The molecular formula is C24H23Cl2N5OS. The van der Waals surface area contributed by atoms with Crippen LogP contribution in [0, 0.1) is 11.3 Å². The van der Waals surface area contributed by atoms with Gasteiger partial charge in [-0.3, -0.25) is 9.36 Å². The van der Waals surface area contributed by atoms with Crippen LogP contribution in [0.1, 0.15) is 33.3 Å². The molecule has 0 fully saturated rings. The maximum absolute atomic E-state index is 12.5. The van der Waals surface area contributed by atoms with Gasteiger partial charge in [-0.25, -0.2) is 0 Å². The SMILES string of the molecule is C/C(N)=C(\C#N)C(=O)CSc1nnc(-c2ccc(C(C)(C)C)cc2)n1-c1cccc(Cl)c1Cl. The lowest BCUT2D eigenvalue weighted by molar-refractivity contribution is -0.112. The second-order valence-corrected chi connectivity index (χ2v) is 10.2. The van der Waals surface area contributed by atoms with Gasteiger partial charge in [0.05, 0.1) is 21.5 Å². The Kier molecular flexibility index (Phi) is 7.53. The normalized spacial score (nSPS) is 12.3. The van der Waals surface area contributed by atoms with Crippen molar-refractivity contribution >= 4 is 40.7 Å². The van der Waals surface area contributed by atoms with Gasteiger partial charge in [0, 0.05) is 11.3 Å². The Morgan fingerprint density at radius 3 is 2.39 bits per heavy atom. The van der Waals surface area contributed by atoms with Crippen molar-refractivity contribution in [2.45, 2.75) is 38.3 Å². The van der Waals surface area contributed by atoms with E-state index in [0.717, 1.165) is 17.3 Å². The first-order chi connectivity index (χ1) is 15.5. The number of allylic oxidation sites excluding steroid dienone is 2. The van der Waals surface area contributed by atoms with Crippen LogP contribution in [0.3, 0.4) is 0 Å². The number of Topliss-reactive ketones (excluding diaryl/α,β-unsaturated/α-hetero) is 1. The summed E-state index contributed by atoms with van der Waals surface area (Å²) in [5.74, 6) is 0.141. The second kappa shape index (κ2) is 10.0. The number of halogens is 2. The summed E-state index contributed by atoms with van der Waals surface area (Å²) in [7, 11) is 0. The van der Waals surface area contributed by atoms with Crippen LogP contribution in [0.2, 0.25) is 10.0 Å². The Bertz CT molecular complexity index is 1260. The number of carbonyl (C=O) groups is 1. The highest BCUT2D eigenvalue weighted by Crippen LogP contribution is 2.35. The van der Waals surface area contributed by atoms with Crippen LogP contribution in [-0.4, -0.2) is 26.3 Å². The third kappa shape index (κ3) is 5.41. The number of rotatable bonds is 6. The van der Waals surface area contributed by atoms with Crippen LogP contribution in [0.25, 0.3) is 17.1 Å². The number of nitrogens with two attached hydrogens (primary N) is 1. The summed E-state index contributed by atoms with van der Waals surface area (Å²) in [6.45, 7) is 7.97. The Labute approximate surface area is 207 Å². The van der Waals surface area contributed by atoms with Gasteiger partial charge in [-0.15, -0.1) is 10.2 Å². The number of aromatic nitrogens is 3. The third-order valence-electron chi connectivity index (χ3n) is 4.93. The number of hydrogen-bond donors (Lipinski definition) is 1. The van der Waals surface area contributed by atoms with Gasteiger partial charge in [0.15, 0.2) is 16.8 Å². The van der Waals surface area contributed by atoms with E-state index in [0.29, 0.717) is 26.7 Å². The zero-order valence-corrected chi connectivity index (χ0v) is 21.0. The fraction of sp³-hybridized carbons (Fsp3) is 0.250. The maximum atomic E-state index is 12.5. The van der Waals surface area contributed by atoms with Crippen LogP contribution in [0.5, 0.6) is 0 Å². The molecule has 0 bridgehead atoms. The number of carbonyl (C=O) groups excluding carboxylic acids is 1. The molecule has 0 unspecified atom stereocenters. The molecule has 0 saturated heterocycles. The summed E-state index contributed by atoms with van der Waals surface area (Å²) >= 11 is 13.9. The first kappa shape index (κ1) is 24.8. The second-order valence-electron chi connectivity index (χ2n) is 8.42. The lowest BCUT2D eigenvalue weighted by atomic mass is 9.87. The van der Waals surface area contributed by atoms with Gasteiger partial charge in [0.2, 0.25) is 0 Å². The summed E-state index contributed by atoms with van der Waals surface area (Å²) in [5.41, 5.74) is 8.40. The van der Waals surface area contributed by atoms with Crippen molar-refractivity contribution in [3.05, 3.63) is 69.3 Å². The molecule has 0 amide bonds. The molecule has 9 heteroatoms. The fourth-order valence-corrected chi connectivity index (χ4v) is 4.32. The summed E-state index contributed by atoms with van der Waals surface area (Å²) in [6, 6.07) is 15.2. The predicted octanol–water partition coefficient (Wildman–Crippen LogP) is 5.96. The monoisotopic (exact) mass is 499 g/mol. The minimum atomic E-state index is -0.384. The van der Waals surface area contributed by atoms with Gasteiger partial charge in [-0.1, -0.05) is 86.1 Å². The molecule has 0 aliphatic carbocycles. The van der Waals surface area contributed by atoms with Crippen molar-refractivity contribution in [3.8, 4) is 23.1 Å². The topological polar surface area (TPSA) is 97.6 Å². The third-order valence-corrected chi connectivity index (χ3v) is 6.67. The Morgan fingerprint density at radius 1 is 1.15 bits per heavy atom. The highest BCUT2D eigenvalue weighted by molar-refractivity contribution is 7.99. The smallest absolute Gasteiger partial charge is 0.196 e.